The number of aromatic nitrogens is 1. The van der Waals surface area contributed by atoms with Gasteiger partial charge in [-0.3, -0.25) is 9.69 Å². The van der Waals surface area contributed by atoms with E-state index in [1.165, 1.54) is 10.6 Å². The van der Waals surface area contributed by atoms with Crippen LogP contribution in [0.2, 0.25) is 0 Å². The molecule has 2 aliphatic rings. The van der Waals surface area contributed by atoms with Crippen molar-refractivity contribution in [1.82, 2.24) is 15.2 Å². The molecule has 2 fully saturated rings. The third-order valence-corrected chi connectivity index (χ3v) is 6.31. The highest BCUT2D eigenvalue weighted by molar-refractivity contribution is 7.09. The van der Waals surface area contributed by atoms with Crippen molar-refractivity contribution in [1.29, 1.82) is 0 Å². The largest absolute Gasteiger partial charge is 0.368 e. The fourth-order valence-electron chi connectivity index (χ4n) is 3.81. The van der Waals surface area contributed by atoms with Crippen molar-refractivity contribution in [2.45, 2.75) is 38.3 Å². The molecule has 6 heteroatoms. The second-order valence-electron chi connectivity index (χ2n) is 7.46. The van der Waals surface area contributed by atoms with E-state index in [9.17, 15) is 4.79 Å². The summed E-state index contributed by atoms with van der Waals surface area (Å²) in [5.41, 5.74) is 2.25. The molecule has 2 aliphatic heterocycles. The number of thiazole rings is 1. The van der Waals surface area contributed by atoms with E-state index in [0.29, 0.717) is 5.92 Å². The molecule has 5 nitrogen and oxygen atoms in total. The number of hydrogen-bond acceptors (Lipinski definition) is 5. The van der Waals surface area contributed by atoms with Gasteiger partial charge in [0.05, 0.1) is 12.2 Å². The Morgan fingerprint density at radius 1 is 1.22 bits per heavy atom. The third kappa shape index (κ3) is 4.94. The Labute approximate surface area is 164 Å². The fourth-order valence-corrected chi connectivity index (χ4v) is 4.65. The molecular weight excluding hydrogens is 358 g/mol. The number of likely N-dealkylation sites (tertiary alicyclic amines) is 1. The second-order valence-corrected chi connectivity index (χ2v) is 8.40. The van der Waals surface area contributed by atoms with Crippen molar-refractivity contribution < 1.29 is 9.53 Å². The number of ether oxygens (including phenoxy) is 1. The average molecular weight is 386 g/mol. The monoisotopic (exact) mass is 385 g/mol. The van der Waals surface area contributed by atoms with E-state index in [2.05, 4.69) is 39.9 Å². The minimum atomic E-state index is -0.214. The van der Waals surface area contributed by atoms with Crippen LogP contribution in [-0.4, -0.2) is 48.1 Å². The summed E-state index contributed by atoms with van der Waals surface area (Å²) in [6, 6.07) is 10.3. The number of nitrogens with zero attached hydrogens (tertiary/aromatic N) is 2. The van der Waals surface area contributed by atoms with E-state index in [4.69, 9.17) is 9.72 Å². The summed E-state index contributed by atoms with van der Waals surface area (Å²) in [5.74, 6) is 0.647. The zero-order valence-corrected chi connectivity index (χ0v) is 16.4. The summed E-state index contributed by atoms with van der Waals surface area (Å²) >= 11 is 1.74. The molecular formula is C21H27N3O2S. The quantitative estimate of drug-likeness (QED) is 0.829. The van der Waals surface area contributed by atoms with Gasteiger partial charge in [-0.1, -0.05) is 30.3 Å². The van der Waals surface area contributed by atoms with Crippen molar-refractivity contribution in [3.05, 3.63) is 40.7 Å². The van der Waals surface area contributed by atoms with Crippen LogP contribution in [0.5, 0.6) is 0 Å². The lowest BCUT2D eigenvalue weighted by atomic mass is 9.96. The van der Waals surface area contributed by atoms with Gasteiger partial charge in [0.25, 0.3) is 0 Å². The number of hydrogen-bond donors (Lipinski definition) is 1. The molecule has 27 heavy (non-hydrogen) atoms. The highest BCUT2D eigenvalue weighted by Gasteiger charge is 2.25. The summed E-state index contributed by atoms with van der Waals surface area (Å²) in [4.78, 5) is 19.3. The van der Waals surface area contributed by atoms with Crippen LogP contribution < -0.4 is 5.32 Å². The van der Waals surface area contributed by atoms with Crippen LogP contribution in [-0.2, 0) is 16.1 Å². The van der Waals surface area contributed by atoms with E-state index in [1.54, 1.807) is 11.3 Å². The van der Waals surface area contributed by atoms with E-state index in [1.807, 2.05) is 6.07 Å². The van der Waals surface area contributed by atoms with Gasteiger partial charge >= 0.3 is 0 Å². The maximum Gasteiger partial charge on any atom is 0.249 e. The van der Waals surface area contributed by atoms with Crippen LogP contribution in [0.4, 0.5) is 0 Å². The van der Waals surface area contributed by atoms with E-state index >= 15 is 0 Å². The molecule has 144 valence electrons. The third-order valence-electron chi connectivity index (χ3n) is 5.47. The number of piperidine rings is 1. The molecule has 2 saturated heterocycles. The van der Waals surface area contributed by atoms with Gasteiger partial charge in [-0.25, -0.2) is 4.98 Å². The topological polar surface area (TPSA) is 54.5 Å². The van der Waals surface area contributed by atoms with E-state index in [0.717, 1.165) is 64.2 Å². The van der Waals surface area contributed by atoms with Crippen LogP contribution in [0.15, 0.2) is 35.7 Å². The maximum absolute atomic E-state index is 12.1. The number of carbonyl (C=O) groups is 1. The molecule has 0 spiro atoms. The SMILES string of the molecule is O=C(NCC1CCN(Cc2nc(-c3ccccc3)cs2)CC1)[C@H]1CCCO1. The molecule has 0 bridgehead atoms. The van der Waals surface area contributed by atoms with Gasteiger partial charge in [-0.2, -0.15) is 0 Å². The number of rotatable bonds is 6. The summed E-state index contributed by atoms with van der Waals surface area (Å²) in [6.45, 7) is 4.56. The highest BCUT2D eigenvalue weighted by Crippen LogP contribution is 2.24. The first-order chi connectivity index (χ1) is 13.3. The lowest BCUT2D eigenvalue weighted by Gasteiger charge is -2.31. The standard InChI is InChI=1S/C21H27N3O2S/c25-21(19-7-4-12-26-19)22-13-16-8-10-24(11-9-16)14-20-23-18(15-27-20)17-5-2-1-3-6-17/h1-3,5-6,15-16,19H,4,7-14H2,(H,22,25)/t19-/m1/s1. The van der Waals surface area contributed by atoms with Gasteiger partial charge in [0, 0.05) is 24.1 Å². The second kappa shape index (κ2) is 8.95. The van der Waals surface area contributed by atoms with Crippen LogP contribution in [0.1, 0.15) is 30.7 Å². The Morgan fingerprint density at radius 3 is 2.78 bits per heavy atom. The zero-order valence-electron chi connectivity index (χ0n) is 15.6. The molecule has 2 aromatic rings. The zero-order chi connectivity index (χ0) is 18.5. The first-order valence-corrected chi connectivity index (χ1v) is 10.8. The van der Waals surface area contributed by atoms with Crippen molar-refractivity contribution in [2.75, 3.05) is 26.2 Å². The minimum Gasteiger partial charge on any atom is -0.368 e. The van der Waals surface area contributed by atoms with Crippen LogP contribution >= 0.6 is 11.3 Å². The first kappa shape index (κ1) is 18.6. The molecule has 1 aromatic heterocycles. The van der Waals surface area contributed by atoms with Crippen LogP contribution in [0, 0.1) is 5.92 Å². The Hall–Kier alpha value is -1.76. The number of amides is 1. The van der Waals surface area contributed by atoms with E-state index < -0.39 is 0 Å². The van der Waals surface area contributed by atoms with Crippen molar-refractivity contribution in [2.24, 2.45) is 5.92 Å². The van der Waals surface area contributed by atoms with Gasteiger partial charge in [-0.05, 0) is 44.7 Å². The Kier molecular flexibility index (Phi) is 6.17. The smallest absolute Gasteiger partial charge is 0.249 e. The summed E-state index contributed by atoms with van der Waals surface area (Å²) in [5, 5.41) is 6.42. The van der Waals surface area contributed by atoms with Gasteiger partial charge in [-0.15, -0.1) is 11.3 Å². The average Bonchev–Trinajstić information content (AvgIpc) is 3.40. The maximum atomic E-state index is 12.1. The molecule has 0 saturated carbocycles. The first-order valence-electron chi connectivity index (χ1n) is 9.89. The van der Waals surface area contributed by atoms with Gasteiger partial charge in [0.15, 0.2) is 0 Å². The summed E-state index contributed by atoms with van der Waals surface area (Å²) < 4.78 is 5.45. The summed E-state index contributed by atoms with van der Waals surface area (Å²) in [6.07, 6.45) is 3.90. The van der Waals surface area contributed by atoms with Crippen molar-refractivity contribution >= 4 is 17.2 Å². The molecule has 1 amide bonds. The van der Waals surface area contributed by atoms with Crippen molar-refractivity contribution in [3.8, 4) is 11.3 Å². The Balaban J connectivity index is 1.20. The molecule has 1 atom stereocenters. The van der Waals surface area contributed by atoms with Gasteiger partial charge in [0.2, 0.25) is 5.91 Å². The predicted molar refractivity (Wildman–Crippen MR) is 108 cm³/mol. The molecule has 4 rings (SSSR count). The highest BCUT2D eigenvalue weighted by atomic mass is 32.1. The molecule has 0 aliphatic carbocycles. The number of carbonyl (C=O) groups excluding carboxylic acids is 1. The van der Waals surface area contributed by atoms with Gasteiger partial charge in [0.1, 0.15) is 11.1 Å². The molecule has 1 N–H and O–H groups in total. The normalized spacial score (nSPS) is 21.4. The molecule has 0 radical (unpaired) electrons. The lowest BCUT2D eigenvalue weighted by Crippen LogP contribution is -2.41. The summed E-state index contributed by atoms with van der Waals surface area (Å²) in [7, 11) is 0. The predicted octanol–water partition coefficient (Wildman–Crippen LogP) is 3.32. The Bertz CT molecular complexity index is 735. The van der Waals surface area contributed by atoms with Crippen LogP contribution in [0.25, 0.3) is 11.3 Å². The molecule has 0 unspecified atom stereocenters. The number of benzene rings is 1. The lowest BCUT2D eigenvalue weighted by molar-refractivity contribution is -0.130. The molecule has 3 heterocycles. The number of nitrogens with one attached hydrogen (secondary N) is 1. The van der Waals surface area contributed by atoms with Crippen molar-refractivity contribution in [3.63, 3.8) is 0 Å². The Morgan fingerprint density at radius 2 is 2.04 bits per heavy atom. The van der Waals surface area contributed by atoms with Gasteiger partial charge < -0.3 is 10.1 Å². The molecule has 1 aromatic carbocycles. The minimum absolute atomic E-state index is 0.0751. The van der Waals surface area contributed by atoms with Crippen LogP contribution in [0.3, 0.4) is 0 Å². The fraction of sp³-hybridized carbons (Fsp3) is 0.524. The van der Waals surface area contributed by atoms with E-state index in [-0.39, 0.29) is 12.0 Å².